The third kappa shape index (κ3) is 3.18. The van der Waals surface area contributed by atoms with Crippen molar-refractivity contribution in [3.05, 3.63) is 27.7 Å². The van der Waals surface area contributed by atoms with Crippen LogP contribution in [0, 0.1) is 0 Å². The lowest BCUT2D eigenvalue weighted by molar-refractivity contribution is -0.138. The molecule has 0 N–H and O–H groups in total. The molecule has 0 saturated carbocycles. The molecule has 1 aromatic rings. The maximum atomic E-state index is 12.5. The van der Waals surface area contributed by atoms with Gasteiger partial charge in [-0.1, -0.05) is 23.2 Å². The number of piperidine rings is 1. The molecule has 1 aromatic carbocycles. The van der Waals surface area contributed by atoms with Crippen LogP contribution < -0.4 is 4.74 Å². The smallest absolute Gasteiger partial charge is 0.248 e. The number of fused-ring (bicyclic) bond motifs is 1. The molecule has 2 aliphatic heterocycles. The quantitative estimate of drug-likeness (QED) is 0.816. The van der Waals surface area contributed by atoms with E-state index >= 15 is 0 Å². The minimum atomic E-state index is -0.592. The molecule has 3 rings (SSSR count). The van der Waals surface area contributed by atoms with Crippen LogP contribution in [0.5, 0.6) is 5.75 Å². The van der Waals surface area contributed by atoms with E-state index in [1.165, 1.54) is 7.11 Å². The number of nitrogens with zero attached hydrogens (tertiary/aromatic N) is 1. The molecule has 1 fully saturated rings. The first-order valence-electron chi connectivity index (χ1n) is 7.42. The third-order valence-corrected chi connectivity index (χ3v) is 4.90. The fourth-order valence-corrected chi connectivity index (χ4v) is 3.70. The molecule has 0 aliphatic carbocycles. The van der Waals surface area contributed by atoms with Crippen LogP contribution in [0.3, 0.4) is 0 Å². The van der Waals surface area contributed by atoms with Crippen LogP contribution in [-0.4, -0.2) is 49.0 Å². The Morgan fingerprint density at radius 2 is 2.04 bits per heavy atom. The first-order valence-corrected chi connectivity index (χ1v) is 8.18. The van der Waals surface area contributed by atoms with Gasteiger partial charge in [0.05, 0.1) is 17.0 Å². The molecular formula is C16H17Cl2NO4. The Morgan fingerprint density at radius 3 is 2.70 bits per heavy atom. The second-order valence-corrected chi connectivity index (χ2v) is 6.81. The fourth-order valence-electron chi connectivity index (χ4n) is 3.17. The summed E-state index contributed by atoms with van der Waals surface area (Å²) < 4.78 is 11.0. The highest BCUT2D eigenvalue weighted by Gasteiger charge is 2.44. The largest absolute Gasteiger partial charge is 0.484 e. The van der Waals surface area contributed by atoms with Crippen LogP contribution in [-0.2, 0) is 9.53 Å². The number of amides is 1. The molecule has 0 atom stereocenters. The summed E-state index contributed by atoms with van der Waals surface area (Å²) in [5.41, 5.74) is -0.156. The van der Waals surface area contributed by atoms with Crippen LogP contribution in [0.1, 0.15) is 29.6 Å². The van der Waals surface area contributed by atoms with E-state index in [0.29, 0.717) is 47.3 Å². The van der Waals surface area contributed by atoms with E-state index in [1.807, 2.05) is 0 Å². The van der Waals surface area contributed by atoms with Crippen molar-refractivity contribution in [2.24, 2.45) is 0 Å². The number of benzene rings is 1. The predicted octanol–water partition coefficient (Wildman–Crippen LogP) is 2.97. The maximum Gasteiger partial charge on any atom is 0.248 e. The van der Waals surface area contributed by atoms with E-state index in [4.69, 9.17) is 32.7 Å². The summed E-state index contributed by atoms with van der Waals surface area (Å²) in [6.45, 7) is 1.14. The summed E-state index contributed by atoms with van der Waals surface area (Å²) in [7, 11) is 1.50. The van der Waals surface area contributed by atoms with Crippen molar-refractivity contribution < 1.29 is 19.1 Å². The van der Waals surface area contributed by atoms with E-state index in [2.05, 4.69) is 0 Å². The average molecular weight is 358 g/mol. The SMILES string of the molecule is COCC(=O)N1CCC2(CC1)CC(=O)c1cc(Cl)cc(Cl)c1O2. The highest BCUT2D eigenvalue weighted by molar-refractivity contribution is 6.36. The van der Waals surface area contributed by atoms with Gasteiger partial charge >= 0.3 is 0 Å². The lowest BCUT2D eigenvalue weighted by atomic mass is 9.82. The number of rotatable bonds is 2. The summed E-state index contributed by atoms with van der Waals surface area (Å²) >= 11 is 12.2. The van der Waals surface area contributed by atoms with E-state index < -0.39 is 5.60 Å². The van der Waals surface area contributed by atoms with Gasteiger partial charge in [-0.15, -0.1) is 0 Å². The molecule has 7 heteroatoms. The molecule has 5 nitrogen and oxygen atoms in total. The lowest BCUT2D eigenvalue weighted by Crippen LogP contribution is -2.52. The minimum Gasteiger partial charge on any atom is -0.484 e. The van der Waals surface area contributed by atoms with Crippen molar-refractivity contribution in [1.29, 1.82) is 0 Å². The summed E-state index contributed by atoms with van der Waals surface area (Å²) in [5.74, 6) is 0.339. The van der Waals surface area contributed by atoms with Crippen LogP contribution >= 0.6 is 23.2 Å². The molecule has 1 saturated heterocycles. The van der Waals surface area contributed by atoms with Crippen molar-refractivity contribution in [1.82, 2.24) is 4.90 Å². The van der Waals surface area contributed by atoms with Gasteiger partial charge in [0.25, 0.3) is 0 Å². The molecule has 0 bridgehead atoms. The van der Waals surface area contributed by atoms with Crippen molar-refractivity contribution in [2.45, 2.75) is 24.9 Å². The molecule has 0 unspecified atom stereocenters. The van der Waals surface area contributed by atoms with E-state index in [1.54, 1.807) is 17.0 Å². The van der Waals surface area contributed by atoms with Crippen LogP contribution in [0.15, 0.2) is 12.1 Å². The van der Waals surface area contributed by atoms with Crippen LogP contribution in [0.25, 0.3) is 0 Å². The lowest BCUT2D eigenvalue weighted by Gasteiger charge is -2.44. The summed E-state index contributed by atoms with van der Waals surface area (Å²) in [4.78, 5) is 26.1. The van der Waals surface area contributed by atoms with Crippen LogP contribution in [0.4, 0.5) is 0 Å². The van der Waals surface area contributed by atoms with Gasteiger partial charge in [0.1, 0.15) is 18.0 Å². The molecule has 2 aliphatic rings. The number of carbonyl (C=O) groups excluding carboxylic acids is 2. The number of methoxy groups -OCH3 is 1. The molecule has 2 heterocycles. The molecule has 0 aromatic heterocycles. The third-order valence-electron chi connectivity index (χ3n) is 4.41. The Hall–Kier alpha value is -1.30. The number of hydrogen-bond acceptors (Lipinski definition) is 4. The molecule has 124 valence electrons. The zero-order chi connectivity index (χ0) is 16.6. The Labute approximate surface area is 144 Å². The number of likely N-dealkylation sites (tertiary alicyclic amines) is 1. The van der Waals surface area contributed by atoms with E-state index in [9.17, 15) is 9.59 Å². The molecule has 1 amide bonds. The highest BCUT2D eigenvalue weighted by Crippen LogP contribution is 2.43. The number of Topliss-reactive ketones (excluding diaryl/α,β-unsaturated/α-hetero) is 1. The molecule has 23 heavy (non-hydrogen) atoms. The standard InChI is InChI=1S/C16H17Cl2NO4/c1-22-9-14(21)19-4-2-16(3-5-19)8-13(20)11-6-10(17)7-12(18)15(11)23-16/h6-7H,2-5,8-9H2,1H3. The van der Waals surface area contributed by atoms with Crippen LogP contribution in [0.2, 0.25) is 10.0 Å². The minimum absolute atomic E-state index is 0.0210. The van der Waals surface area contributed by atoms with Gasteiger partial charge in [-0.2, -0.15) is 0 Å². The number of carbonyl (C=O) groups is 2. The molecule has 1 spiro atoms. The van der Waals surface area contributed by atoms with E-state index in [-0.39, 0.29) is 24.7 Å². The molecule has 0 radical (unpaired) electrons. The Bertz CT molecular complexity index is 654. The van der Waals surface area contributed by atoms with Gasteiger partial charge in [0.2, 0.25) is 5.91 Å². The second kappa shape index (κ2) is 6.30. The average Bonchev–Trinajstić information content (AvgIpc) is 2.50. The number of halogens is 2. The monoisotopic (exact) mass is 357 g/mol. The fraction of sp³-hybridized carbons (Fsp3) is 0.500. The first kappa shape index (κ1) is 16.6. The molecular weight excluding hydrogens is 341 g/mol. The zero-order valence-electron chi connectivity index (χ0n) is 12.7. The van der Waals surface area contributed by atoms with Crippen molar-refractivity contribution >= 4 is 34.9 Å². The highest BCUT2D eigenvalue weighted by atomic mass is 35.5. The summed E-state index contributed by atoms with van der Waals surface area (Å²) in [5, 5.41) is 0.763. The van der Waals surface area contributed by atoms with Gasteiger partial charge in [0, 0.05) is 38.1 Å². The van der Waals surface area contributed by atoms with Gasteiger partial charge in [0.15, 0.2) is 5.78 Å². The zero-order valence-corrected chi connectivity index (χ0v) is 14.2. The van der Waals surface area contributed by atoms with Gasteiger partial charge in [-0.05, 0) is 12.1 Å². The number of ketones is 1. The normalized spacial score (nSPS) is 19.4. The van der Waals surface area contributed by atoms with Crippen molar-refractivity contribution in [2.75, 3.05) is 26.8 Å². The Kier molecular flexibility index (Phi) is 4.54. The van der Waals surface area contributed by atoms with E-state index in [0.717, 1.165) is 0 Å². The van der Waals surface area contributed by atoms with Gasteiger partial charge < -0.3 is 14.4 Å². The van der Waals surface area contributed by atoms with Gasteiger partial charge in [-0.3, -0.25) is 9.59 Å². The Morgan fingerprint density at radius 1 is 1.35 bits per heavy atom. The second-order valence-electron chi connectivity index (χ2n) is 5.96. The number of hydrogen-bond donors (Lipinski definition) is 0. The number of ether oxygens (including phenoxy) is 2. The summed E-state index contributed by atoms with van der Waals surface area (Å²) in [6, 6.07) is 3.17. The van der Waals surface area contributed by atoms with Crippen molar-refractivity contribution in [3.8, 4) is 5.75 Å². The topological polar surface area (TPSA) is 55.8 Å². The first-order chi connectivity index (χ1) is 10.9. The maximum absolute atomic E-state index is 12.5. The van der Waals surface area contributed by atoms with Gasteiger partial charge in [-0.25, -0.2) is 0 Å². The Balaban J connectivity index is 1.79. The summed E-state index contributed by atoms with van der Waals surface area (Å²) in [6.07, 6.45) is 1.46. The van der Waals surface area contributed by atoms with Crippen molar-refractivity contribution in [3.63, 3.8) is 0 Å². The predicted molar refractivity (Wildman–Crippen MR) is 86.5 cm³/mol.